The van der Waals surface area contributed by atoms with Crippen LogP contribution in [-0.2, 0) is 9.53 Å². The Hall–Kier alpha value is -1.97. The third-order valence-corrected chi connectivity index (χ3v) is 2.75. The Morgan fingerprint density at radius 3 is 2.89 bits per heavy atom. The van der Waals surface area contributed by atoms with Gasteiger partial charge in [0.1, 0.15) is 24.3 Å². The van der Waals surface area contributed by atoms with Crippen molar-refractivity contribution >= 4 is 23.7 Å². The molecule has 1 aromatic rings. The van der Waals surface area contributed by atoms with Crippen molar-refractivity contribution in [2.75, 3.05) is 23.0 Å². The first-order chi connectivity index (χ1) is 9.11. The topological polar surface area (TPSA) is 143 Å². The number of aliphatic hydroxyl groups excluding tert-OH is 2. The van der Waals surface area contributed by atoms with E-state index >= 15 is 0 Å². The van der Waals surface area contributed by atoms with Gasteiger partial charge in [0.05, 0.1) is 12.7 Å². The molecule has 104 valence electrons. The van der Waals surface area contributed by atoms with Gasteiger partial charge in [-0.1, -0.05) is 0 Å². The van der Waals surface area contributed by atoms with Gasteiger partial charge in [-0.3, -0.25) is 4.79 Å². The van der Waals surface area contributed by atoms with Gasteiger partial charge in [-0.2, -0.15) is 0 Å². The third kappa shape index (κ3) is 3.08. The molecule has 6 N–H and O–H groups in total. The van der Waals surface area contributed by atoms with Crippen molar-refractivity contribution in [3.8, 4) is 0 Å². The first-order valence-electron chi connectivity index (χ1n) is 5.66. The SMILES string of the molecule is Nc1ncnc(N[C@H]2C[C@H](O)[C@H](O)CO2)c1NC=O. The Bertz CT molecular complexity index is 458. The van der Waals surface area contributed by atoms with Gasteiger partial charge in [0.2, 0.25) is 6.41 Å². The van der Waals surface area contributed by atoms with Crippen LogP contribution >= 0.6 is 0 Å². The Morgan fingerprint density at radius 2 is 2.21 bits per heavy atom. The number of nitrogens with zero attached hydrogens (tertiary/aromatic N) is 2. The summed E-state index contributed by atoms with van der Waals surface area (Å²) in [6.07, 6.45) is -0.442. The summed E-state index contributed by atoms with van der Waals surface area (Å²) < 4.78 is 5.30. The van der Waals surface area contributed by atoms with Crippen LogP contribution < -0.4 is 16.4 Å². The highest BCUT2D eigenvalue weighted by Crippen LogP contribution is 2.25. The summed E-state index contributed by atoms with van der Waals surface area (Å²) in [5.74, 6) is 0.397. The van der Waals surface area contributed by atoms with E-state index in [1.807, 2.05) is 0 Å². The van der Waals surface area contributed by atoms with Gasteiger partial charge in [0.25, 0.3) is 0 Å². The van der Waals surface area contributed by atoms with Crippen LogP contribution in [0.3, 0.4) is 0 Å². The van der Waals surface area contributed by atoms with Crippen molar-refractivity contribution in [3.05, 3.63) is 6.33 Å². The van der Waals surface area contributed by atoms with Crippen molar-refractivity contribution in [1.29, 1.82) is 0 Å². The second-order valence-corrected chi connectivity index (χ2v) is 4.08. The van der Waals surface area contributed by atoms with Crippen molar-refractivity contribution < 1.29 is 19.7 Å². The zero-order chi connectivity index (χ0) is 13.8. The number of rotatable bonds is 4. The van der Waals surface area contributed by atoms with Crippen LogP contribution in [0.4, 0.5) is 17.3 Å². The van der Waals surface area contributed by atoms with Gasteiger partial charge in [-0.05, 0) is 0 Å². The minimum atomic E-state index is -0.902. The van der Waals surface area contributed by atoms with E-state index in [-0.39, 0.29) is 30.4 Å². The van der Waals surface area contributed by atoms with Gasteiger partial charge in [-0.25, -0.2) is 9.97 Å². The fourth-order valence-electron chi connectivity index (χ4n) is 1.73. The van der Waals surface area contributed by atoms with E-state index in [4.69, 9.17) is 10.5 Å². The highest BCUT2D eigenvalue weighted by molar-refractivity contribution is 5.85. The number of nitrogens with two attached hydrogens (primary N) is 1. The maximum atomic E-state index is 10.5. The van der Waals surface area contributed by atoms with E-state index in [2.05, 4.69) is 20.6 Å². The number of nitrogen functional groups attached to an aromatic ring is 1. The second-order valence-electron chi connectivity index (χ2n) is 4.08. The van der Waals surface area contributed by atoms with Crippen LogP contribution in [0.25, 0.3) is 0 Å². The number of anilines is 3. The molecule has 0 radical (unpaired) electrons. The lowest BCUT2D eigenvalue weighted by Gasteiger charge is -2.31. The first-order valence-corrected chi connectivity index (χ1v) is 5.66. The molecule has 1 aliphatic heterocycles. The maximum absolute atomic E-state index is 10.5. The molecule has 3 atom stereocenters. The Balaban J connectivity index is 2.10. The standard InChI is InChI=1S/C10H15N5O4/c11-9-8(14-4-16)10(13-3-12-9)15-7-1-5(17)6(18)2-19-7/h3-7,17-18H,1-2H2,(H,14,16)(H3,11,12,13,15)/t5-,6+,7+/m0/s1. The molecular weight excluding hydrogens is 254 g/mol. The zero-order valence-electron chi connectivity index (χ0n) is 9.98. The average molecular weight is 269 g/mol. The lowest BCUT2D eigenvalue weighted by atomic mass is 10.1. The molecule has 0 bridgehead atoms. The molecule has 19 heavy (non-hydrogen) atoms. The van der Waals surface area contributed by atoms with E-state index in [9.17, 15) is 15.0 Å². The van der Waals surface area contributed by atoms with Gasteiger partial charge in [-0.15, -0.1) is 0 Å². The molecular formula is C10H15N5O4. The van der Waals surface area contributed by atoms with E-state index in [0.29, 0.717) is 6.41 Å². The van der Waals surface area contributed by atoms with Crippen LogP contribution in [0.2, 0.25) is 0 Å². The summed E-state index contributed by atoms with van der Waals surface area (Å²) in [6, 6.07) is 0. The van der Waals surface area contributed by atoms with Crippen LogP contribution in [0.5, 0.6) is 0 Å². The van der Waals surface area contributed by atoms with Crippen LogP contribution in [-0.4, -0.2) is 51.6 Å². The van der Waals surface area contributed by atoms with Gasteiger partial charge in [0, 0.05) is 6.42 Å². The summed E-state index contributed by atoms with van der Waals surface area (Å²) in [5, 5.41) is 24.2. The van der Waals surface area contributed by atoms with E-state index in [1.54, 1.807) is 0 Å². The molecule has 9 nitrogen and oxygen atoms in total. The molecule has 1 aromatic heterocycles. The molecule has 0 saturated carbocycles. The lowest BCUT2D eigenvalue weighted by molar-refractivity contribution is -0.112. The third-order valence-electron chi connectivity index (χ3n) is 2.75. The predicted octanol–water partition coefficient (Wildman–Crippen LogP) is -1.49. The number of hydrogen-bond acceptors (Lipinski definition) is 8. The number of hydrogen-bond donors (Lipinski definition) is 5. The van der Waals surface area contributed by atoms with Crippen LogP contribution in [0, 0.1) is 0 Å². The van der Waals surface area contributed by atoms with Gasteiger partial charge < -0.3 is 31.3 Å². The summed E-state index contributed by atoms with van der Waals surface area (Å²) in [6.45, 7) is 0.00976. The molecule has 2 rings (SSSR count). The average Bonchev–Trinajstić information content (AvgIpc) is 2.38. The number of carbonyl (C=O) groups excluding carboxylic acids is 1. The number of ether oxygens (including phenoxy) is 1. The Kier molecular flexibility index (Phi) is 4.10. The molecule has 0 spiro atoms. The largest absolute Gasteiger partial charge is 0.390 e. The Morgan fingerprint density at radius 1 is 1.42 bits per heavy atom. The first kappa shape index (κ1) is 13.5. The number of carbonyl (C=O) groups is 1. The molecule has 1 saturated heterocycles. The Labute approximate surface area is 108 Å². The summed E-state index contributed by atoms with van der Waals surface area (Å²) >= 11 is 0. The molecule has 0 unspecified atom stereocenters. The summed E-state index contributed by atoms with van der Waals surface area (Å²) in [7, 11) is 0. The number of nitrogens with one attached hydrogen (secondary N) is 2. The molecule has 0 aromatic carbocycles. The van der Waals surface area contributed by atoms with E-state index < -0.39 is 18.4 Å². The summed E-state index contributed by atoms with van der Waals surface area (Å²) in [4.78, 5) is 18.2. The highest BCUT2D eigenvalue weighted by atomic mass is 16.5. The molecule has 1 aliphatic rings. The molecule has 1 amide bonds. The van der Waals surface area contributed by atoms with Crippen molar-refractivity contribution in [2.45, 2.75) is 24.9 Å². The fourth-order valence-corrected chi connectivity index (χ4v) is 1.73. The highest BCUT2D eigenvalue weighted by Gasteiger charge is 2.29. The normalized spacial score (nSPS) is 26.7. The van der Waals surface area contributed by atoms with E-state index in [0.717, 1.165) is 0 Å². The predicted molar refractivity (Wildman–Crippen MR) is 66.1 cm³/mol. The van der Waals surface area contributed by atoms with Crippen molar-refractivity contribution in [2.24, 2.45) is 0 Å². The van der Waals surface area contributed by atoms with Gasteiger partial charge >= 0.3 is 0 Å². The number of amides is 1. The molecule has 2 heterocycles. The smallest absolute Gasteiger partial charge is 0.211 e. The minimum absolute atomic E-state index is 0.00976. The minimum Gasteiger partial charge on any atom is -0.390 e. The fraction of sp³-hybridized carbons (Fsp3) is 0.500. The zero-order valence-corrected chi connectivity index (χ0v) is 9.98. The monoisotopic (exact) mass is 269 g/mol. The lowest BCUT2D eigenvalue weighted by Crippen LogP contribution is -2.44. The number of aliphatic hydroxyl groups is 2. The van der Waals surface area contributed by atoms with Gasteiger partial charge in [0.15, 0.2) is 11.6 Å². The summed E-state index contributed by atoms with van der Waals surface area (Å²) in [5.41, 5.74) is 5.86. The van der Waals surface area contributed by atoms with Crippen LogP contribution in [0.1, 0.15) is 6.42 Å². The van der Waals surface area contributed by atoms with E-state index in [1.165, 1.54) is 6.33 Å². The quantitative estimate of drug-likeness (QED) is 0.416. The molecule has 0 aliphatic carbocycles. The maximum Gasteiger partial charge on any atom is 0.211 e. The van der Waals surface area contributed by atoms with Crippen molar-refractivity contribution in [3.63, 3.8) is 0 Å². The number of aromatic nitrogens is 2. The van der Waals surface area contributed by atoms with Crippen molar-refractivity contribution in [1.82, 2.24) is 9.97 Å². The molecule has 1 fully saturated rings. The second kappa shape index (κ2) is 5.78. The van der Waals surface area contributed by atoms with Crippen LogP contribution in [0.15, 0.2) is 6.33 Å². The molecule has 9 heteroatoms.